The molecule has 0 saturated heterocycles. The normalized spacial score (nSPS) is 11.1. The van der Waals surface area contributed by atoms with Crippen LogP contribution < -0.4 is 5.56 Å². The number of thiophene rings is 2. The van der Waals surface area contributed by atoms with Crippen LogP contribution in [0.2, 0.25) is 0 Å². The molecule has 0 aliphatic carbocycles. The van der Waals surface area contributed by atoms with Crippen molar-refractivity contribution < 1.29 is 0 Å². The lowest BCUT2D eigenvalue weighted by Gasteiger charge is -2.02. The van der Waals surface area contributed by atoms with Crippen LogP contribution in [0.25, 0.3) is 20.7 Å². The second kappa shape index (κ2) is 6.10. The topological polar surface area (TPSA) is 45.8 Å². The molecule has 1 N–H and O–H groups in total. The Balaban J connectivity index is 1.67. The third-order valence-electron chi connectivity index (χ3n) is 3.77. The predicted molar refractivity (Wildman–Crippen MR) is 97.4 cm³/mol. The van der Waals surface area contributed by atoms with Crippen LogP contribution in [0.3, 0.4) is 0 Å². The number of H-pyrrole nitrogens is 1. The van der Waals surface area contributed by atoms with Gasteiger partial charge in [-0.05, 0) is 23.4 Å². The molecule has 0 bridgehead atoms. The van der Waals surface area contributed by atoms with Gasteiger partial charge < -0.3 is 4.98 Å². The molecule has 0 unspecified atom stereocenters. The number of hydrogen-bond acceptors (Lipinski definition) is 4. The first-order valence-corrected chi connectivity index (χ1v) is 9.15. The van der Waals surface area contributed by atoms with Gasteiger partial charge in [-0.15, -0.1) is 22.7 Å². The van der Waals surface area contributed by atoms with Crippen LogP contribution >= 0.6 is 22.7 Å². The number of aromatic amines is 1. The van der Waals surface area contributed by atoms with Crippen molar-refractivity contribution >= 4 is 32.9 Å². The maximum Gasteiger partial charge on any atom is 0.260 e. The van der Waals surface area contributed by atoms with Gasteiger partial charge in [-0.2, -0.15) is 0 Å². The van der Waals surface area contributed by atoms with E-state index in [0.717, 1.165) is 33.9 Å². The molecular weight excluding hydrogens is 324 g/mol. The molecule has 0 aliphatic rings. The molecule has 4 aromatic rings. The van der Waals surface area contributed by atoms with Crippen LogP contribution in [0.15, 0.2) is 58.0 Å². The van der Waals surface area contributed by atoms with Gasteiger partial charge in [0.25, 0.3) is 5.56 Å². The lowest BCUT2D eigenvalue weighted by Crippen LogP contribution is -2.12. The van der Waals surface area contributed by atoms with E-state index in [1.165, 1.54) is 16.9 Å². The fourth-order valence-electron chi connectivity index (χ4n) is 2.63. The third-order valence-corrected chi connectivity index (χ3v) is 5.55. The maximum atomic E-state index is 12.5. The highest BCUT2D eigenvalue weighted by Gasteiger charge is 2.13. The summed E-state index contributed by atoms with van der Waals surface area (Å²) in [7, 11) is 0. The zero-order valence-electron chi connectivity index (χ0n) is 12.3. The lowest BCUT2D eigenvalue weighted by molar-refractivity contribution is 0.863. The number of nitrogens with one attached hydrogen (secondary N) is 1. The number of fused-ring (bicyclic) bond motifs is 1. The van der Waals surface area contributed by atoms with E-state index in [-0.39, 0.29) is 5.56 Å². The summed E-state index contributed by atoms with van der Waals surface area (Å²) >= 11 is 3.18. The van der Waals surface area contributed by atoms with Crippen LogP contribution in [0, 0.1) is 0 Å². The second-order valence-electron chi connectivity index (χ2n) is 5.31. The third kappa shape index (κ3) is 2.85. The van der Waals surface area contributed by atoms with E-state index in [4.69, 9.17) is 0 Å². The van der Waals surface area contributed by atoms with Crippen molar-refractivity contribution in [2.45, 2.75) is 12.8 Å². The first-order chi connectivity index (χ1) is 11.3. The van der Waals surface area contributed by atoms with Crippen molar-refractivity contribution in [2.24, 2.45) is 0 Å². The van der Waals surface area contributed by atoms with Crippen molar-refractivity contribution in [3.63, 3.8) is 0 Å². The molecule has 3 aromatic heterocycles. The van der Waals surface area contributed by atoms with Gasteiger partial charge in [-0.1, -0.05) is 36.4 Å². The summed E-state index contributed by atoms with van der Waals surface area (Å²) in [4.78, 5) is 22.0. The summed E-state index contributed by atoms with van der Waals surface area (Å²) in [5.74, 6) is 0.755. The van der Waals surface area contributed by atoms with Gasteiger partial charge in [0.15, 0.2) is 0 Å². The van der Waals surface area contributed by atoms with E-state index < -0.39 is 0 Å². The Kier molecular flexibility index (Phi) is 3.81. The predicted octanol–water partition coefficient (Wildman–Crippen LogP) is 4.50. The van der Waals surface area contributed by atoms with Gasteiger partial charge in [0.1, 0.15) is 10.7 Å². The molecule has 0 radical (unpaired) electrons. The number of rotatable bonds is 4. The highest BCUT2D eigenvalue weighted by Crippen LogP contribution is 2.33. The standard InChI is InChI=1S/C18H14N2OS2/c21-17-16-13(14-7-4-10-22-14)11-23-18(16)20-15(19-17)9-8-12-5-2-1-3-6-12/h1-7,10-11H,8-9H2,(H,19,20,21). The molecule has 0 saturated carbocycles. The summed E-state index contributed by atoms with van der Waals surface area (Å²) in [5, 5.41) is 4.76. The van der Waals surface area contributed by atoms with Crippen LogP contribution in [-0.4, -0.2) is 9.97 Å². The first kappa shape index (κ1) is 14.4. The molecule has 0 spiro atoms. The van der Waals surface area contributed by atoms with Crippen molar-refractivity contribution in [1.82, 2.24) is 9.97 Å². The largest absolute Gasteiger partial charge is 0.310 e. The fourth-order valence-corrected chi connectivity index (χ4v) is 4.41. The number of benzene rings is 1. The zero-order valence-corrected chi connectivity index (χ0v) is 13.9. The SMILES string of the molecule is O=c1[nH]c(CCc2ccccc2)nc2scc(-c3cccs3)c12. The van der Waals surface area contributed by atoms with E-state index in [2.05, 4.69) is 22.1 Å². The van der Waals surface area contributed by atoms with Crippen LogP contribution in [-0.2, 0) is 12.8 Å². The molecule has 0 fully saturated rings. The quantitative estimate of drug-likeness (QED) is 0.595. The Bertz CT molecular complexity index is 985. The van der Waals surface area contributed by atoms with Crippen molar-refractivity contribution in [2.75, 3.05) is 0 Å². The monoisotopic (exact) mass is 338 g/mol. The number of aryl methyl sites for hydroxylation is 2. The second-order valence-corrected chi connectivity index (χ2v) is 7.11. The smallest absolute Gasteiger partial charge is 0.260 e. The van der Waals surface area contributed by atoms with Gasteiger partial charge in [-0.3, -0.25) is 4.79 Å². The van der Waals surface area contributed by atoms with Crippen LogP contribution in [0.1, 0.15) is 11.4 Å². The minimum Gasteiger partial charge on any atom is -0.310 e. The average molecular weight is 338 g/mol. The number of nitrogens with zero attached hydrogens (tertiary/aromatic N) is 1. The van der Waals surface area contributed by atoms with Gasteiger partial charge in [0.2, 0.25) is 0 Å². The van der Waals surface area contributed by atoms with Gasteiger partial charge in [-0.25, -0.2) is 4.98 Å². The molecule has 3 nitrogen and oxygen atoms in total. The molecule has 23 heavy (non-hydrogen) atoms. The summed E-state index contributed by atoms with van der Waals surface area (Å²) < 4.78 is 0. The van der Waals surface area contributed by atoms with Crippen LogP contribution in [0.5, 0.6) is 0 Å². The first-order valence-electron chi connectivity index (χ1n) is 7.39. The molecule has 114 valence electrons. The number of hydrogen-bond donors (Lipinski definition) is 1. The highest BCUT2D eigenvalue weighted by atomic mass is 32.1. The van der Waals surface area contributed by atoms with E-state index in [9.17, 15) is 4.79 Å². The van der Waals surface area contributed by atoms with Gasteiger partial charge in [0.05, 0.1) is 5.39 Å². The minimum atomic E-state index is -0.0392. The Morgan fingerprint density at radius 3 is 2.65 bits per heavy atom. The minimum absolute atomic E-state index is 0.0392. The molecule has 1 aromatic carbocycles. The van der Waals surface area contributed by atoms with E-state index in [1.54, 1.807) is 11.3 Å². The molecule has 4 rings (SSSR count). The zero-order chi connectivity index (χ0) is 15.6. The molecular formula is C18H14N2OS2. The average Bonchev–Trinajstić information content (AvgIpc) is 3.23. The van der Waals surface area contributed by atoms with Gasteiger partial charge in [0, 0.05) is 22.2 Å². The van der Waals surface area contributed by atoms with Gasteiger partial charge >= 0.3 is 0 Å². The van der Waals surface area contributed by atoms with Crippen molar-refractivity contribution in [3.8, 4) is 10.4 Å². The molecule has 3 heterocycles. The summed E-state index contributed by atoms with van der Waals surface area (Å²) in [6.07, 6.45) is 1.61. The number of aromatic nitrogens is 2. The Hall–Kier alpha value is -2.24. The molecule has 0 aliphatic heterocycles. The molecule has 0 atom stereocenters. The Morgan fingerprint density at radius 2 is 1.87 bits per heavy atom. The van der Waals surface area contributed by atoms with E-state index in [1.807, 2.05) is 41.1 Å². The van der Waals surface area contributed by atoms with Crippen molar-refractivity contribution in [1.29, 1.82) is 0 Å². The highest BCUT2D eigenvalue weighted by molar-refractivity contribution is 7.18. The lowest BCUT2D eigenvalue weighted by atomic mass is 10.1. The van der Waals surface area contributed by atoms with E-state index in [0.29, 0.717) is 5.39 Å². The molecule has 5 heteroatoms. The fraction of sp³-hybridized carbons (Fsp3) is 0.111. The maximum absolute atomic E-state index is 12.5. The Morgan fingerprint density at radius 1 is 1.00 bits per heavy atom. The van der Waals surface area contributed by atoms with Crippen molar-refractivity contribution in [3.05, 3.63) is 75.0 Å². The summed E-state index contributed by atoms with van der Waals surface area (Å²) in [6.45, 7) is 0. The Labute approximate surface area is 141 Å². The van der Waals surface area contributed by atoms with E-state index >= 15 is 0 Å². The summed E-state index contributed by atoms with van der Waals surface area (Å²) in [6, 6.07) is 14.3. The van der Waals surface area contributed by atoms with Crippen LogP contribution in [0.4, 0.5) is 0 Å². The molecule has 0 amide bonds. The summed E-state index contributed by atoms with van der Waals surface area (Å²) in [5.41, 5.74) is 2.20.